The molecule has 2 atom stereocenters. The summed E-state index contributed by atoms with van der Waals surface area (Å²) in [4.78, 5) is 35.2. The van der Waals surface area contributed by atoms with Gasteiger partial charge in [0, 0.05) is 12.5 Å². The summed E-state index contributed by atoms with van der Waals surface area (Å²) >= 11 is 0. The zero-order valence-corrected chi connectivity index (χ0v) is 17.0. The Hall–Kier alpha value is -3.15. The van der Waals surface area contributed by atoms with Crippen LogP contribution >= 0.6 is 0 Å². The topological polar surface area (TPSA) is 92.7 Å². The minimum Gasteiger partial charge on any atom is -0.481 e. The molecular weight excluding hydrogens is 370 g/mol. The van der Waals surface area contributed by atoms with Crippen LogP contribution in [0.4, 0.5) is 0 Å². The van der Waals surface area contributed by atoms with Crippen molar-refractivity contribution in [1.29, 1.82) is 0 Å². The third-order valence-corrected chi connectivity index (χ3v) is 4.95. The minimum absolute atomic E-state index is 0.0968. The molecule has 0 aromatic heterocycles. The van der Waals surface area contributed by atoms with Crippen molar-refractivity contribution in [2.75, 3.05) is 7.11 Å². The SMILES string of the molecule is COC(=O)C(C)(CC(C)NC(=O)CCC(=O)O)c1ccc(-c2ccccc2)cc1. The van der Waals surface area contributed by atoms with E-state index in [-0.39, 0.29) is 24.8 Å². The fourth-order valence-electron chi connectivity index (χ4n) is 3.44. The van der Waals surface area contributed by atoms with Gasteiger partial charge in [0.25, 0.3) is 0 Å². The molecule has 0 bridgehead atoms. The van der Waals surface area contributed by atoms with Crippen LogP contribution in [0.2, 0.25) is 0 Å². The number of hydrogen-bond acceptors (Lipinski definition) is 4. The zero-order chi connectivity index (χ0) is 21.4. The Kier molecular flexibility index (Phi) is 7.53. The number of rotatable bonds is 9. The first-order chi connectivity index (χ1) is 13.8. The Labute approximate surface area is 170 Å². The summed E-state index contributed by atoms with van der Waals surface area (Å²) in [5, 5.41) is 11.5. The lowest BCUT2D eigenvalue weighted by molar-refractivity contribution is -0.147. The van der Waals surface area contributed by atoms with E-state index in [9.17, 15) is 14.4 Å². The van der Waals surface area contributed by atoms with Gasteiger partial charge in [0.15, 0.2) is 0 Å². The van der Waals surface area contributed by atoms with Gasteiger partial charge < -0.3 is 15.2 Å². The maximum Gasteiger partial charge on any atom is 0.316 e. The summed E-state index contributed by atoms with van der Waals surface area (Å²) in [5.74, 6) is -1.77. The second-order valence-electron chi connectivity index (χ2n) is 7.33. The van der Waals surface area contributed by atoms with Crippen molar-refractivity contribution in [2.24, 2.45) is 0 Å². The Morgan fingerprint density at radius 1 is 1.00 bits per heavy atom. The van der Waals surface area contributed by atoms with Crippen LogP contribution < -0.4 is 5.32 Å². The summed E-state index contributed by atoms with van der Waals surface area (Å²) < 4.78 is 5.04. The van der Waals surface area contributed by atoms with Crippen LogP contribution in [-0.4, -0.2) is 36.1 Å². The average molecular weight is 397 g/mol. The highest BCUT2D eigenvalue weighted by Gasteiger charge is 2.38. The van der Waals surface area contributed by atoms with E-state index in [0.29, 0.717) is 6.42 Å². The molecule has 0 saturated carbocycles. The van der Waals surface area contributed by atoms with Gasteiger partial charge in [-0.25, -0.2) is 0 Å². The van der Waals surface area contributed by atoms with Gasteiger partial charge in [0.05, 0.1) is 18.9 Å². The molecule has 2 N–H and O–H groups in total. The summed E-state index contributed by atoms with van der Waals surface area (Å²) in [6, 6.07) is 17.3. The first-order valence-electron chi connectivity index (χ1n) is 9.52. The van der Waals surface area contributed by atoms with Crippen molar-refractivity contribution in [3.05, 3.63) is 60.2 Å². The van der Waals surface area contributed by atoms with Crippen molar-refractivity contribution in [2.45, 2.75) is 44.6 Å². The first-order valence-corrected chi connectivity index (χ1v) is 9.52. The molecule has 0 saturated heterocycles. The molecule has 2 aromatic carbocycles. The van der Waals surface area contributed by atoms with Gasteiger partial charge in [-0.2, -0.15) is 0 Å². The smallest absolute Gasteiger partial charge is 0.316 e. The Morgan fingerprint density at radius 3 is 2.14 bits per heavy atom. The molecule has 0 aliphatic rings. The predicted octanol–water partition coefficient (Wildman–Crippen LogP) is 3.54. The fraction of sp³-hybridized carbons (Fsp3) is 0.348. The molecule has 0 radical (unpaired) electrons. The molecule has 0 spiro atoms. The van der Waals surface area contributed by atoms with Crippen molar-refractivity contribution in [1.82, 2.24) is 5.32 Å². The van der Waals surface area contributed by atoms with Gasteiger partial charge in [-0.3, -0.25) is 14.4 Å². The molecule has 0 fully saturated rings. The van der Waals surface area contributed by atoms with Gasteiger partial charge in [-0.15, -0.1) is 0 Å². The van der Waals surface area contributed by atoms with Crippen LogP contribution in [0.3, 0.4) is 0 Å². The molecule has 6 nitrogen and oxygen atoms in total. The largest absolute Gasteiger partial charge is 0.481 e. The molecule has 2 rings (SSSR count). The van der Waals surface area contributed by atoms with Crippen LogP contribution in [0.15, 0.2) is 54.6 Å². The maximum atomic E-state index is 12.6. The number of aliphatic carboxylic acids is 1. The monoisotopic (exact) mass is 397 g/mol. The lowest BCUT2D eigenvalue weighted by Crippen LogP contribution is -2.42. The number of carbonyl (C=O) groups excluding carboxylic acids is 2. The number of methoxy groups -OCH3 is 1. The second-order valence-corrected chi connectivity index (χ2v) is 7.33. The van der Waals surface area contributed by atoms with Crippen LogP contribution in [0.5, 0.6) is 0 Å². The zero-order valence-electron chi connectivity index (χ0n) is 17.0. The second kappa shape index (κ2) is 9.87. The minimum atomic E-state index is -1.02. The van der Waals surface area contributed by atoms with Crippen LogP contribution in [0.25, 0.3) is 11.1 Å². The number of ether oxygens (including phenoxy) is 1. The predicted molar refractivity (Wildman–Crippen MR) is 110 cm³/mol. The maximum absolute atomic E-state index is 12.6. The lowest BCUT2D eigenvalue weighted by Gasteiger charge is -2.30. The van der Waals surface area contributed by atoms with E-state index < -0.39 is 17.4 Å². The van der Waals surface area contributed by atoms with Crippen molar-refractivity contribution < 1.29 is 24.2 Å². The number of carboxylic acids is 1. The van der Waals surface area contributed by atoms with Gasteiger partial charge >= 0.3 is 11.9 Å². The Morgan fingerprint density at radius 2 is 1.59 bits per heavy atom. The van der Waals surface area contributed by atoms with Crippen LogP contribution in [0, 0.1) is 0 Å². The van der Waals surface area contributed by atoms with Crippen molar-refractivity contribution in [3.63, 3.8) is 0 Å². The fourth-order valence-corrected chi connectivity index (χ4v) is 3.44. The molecule has 0 heterocycles. The number of nitrogens with one attached hydrogen (secondary N) is 1. The molecule has 154 valence electrons. The summed E-state index contributed by atoms with van der Waals surface area (Å²) in [6.07, 6.45) is -0.00265. The number of carbonyl (C=O) groups is 3. The number of amides is 1. The molecule has 0 aliphatic carbocycles. The Balaban J connectivity index is 2.18. The van der Waals surface area contributed by atoms with E-state index in [4.69, 9.17) is 9.84 Å². The first kappa shape index (κ1) is 22.1. The van der Waals surface area contributed by atoms with E-state index in [1.807, 2.05) is 54.6 Å². The van der Waals surface area contributed by atoms with Gasteiger partial charge in [-0.1, -0.05) is 54.6 Å². The molecule has 0 aliphatic heterocycles. The molecule has 6 heteroatoms. The van der Waals surface area contributed by atoms with Crippen LogP contribution in [0.1, 0.15) is 38.7 Å². The third-order valence-electron chi connectivity index (χ3n) is 4.95. The number of esters is 1. The number of benzene rings is 2. The van der Waals surface area contributed by atoms with Crippen molar-refractivity contribution in [3.8, 4) is 11.1 Å². The quantitative estimate of drug-likeness (QED) is 0.632. The summed E-state index contributed by atoms with van der Waals surface area (Å²) in [7, 11) is 1.34. The average Bonchev–Trinajstić information content (AvgIpc) is 2.72. The van der Waals surface area contributed by atoms with Gasteiger partial charge in [-0.05, 0) is 37.0 Å². The van der Waals surface area contributed by atoms with E-state index in [1.165, 1.54) is 7.11 Å². The van der Waals surface area contributed by atoms with Crippen LogP contribution in [-0.2, 0) is 24.5 Å². The normalized spacial score (nSPS) is 13.8. The molecule has 1 amide bonds. The van der Waals surface area contributed by atoms with E-state index in [1.54, 1.807) is 13.8 Å². The highest BCUT2D eigenvalue weighted by Crippen LogP contribution is 2.32. The molecular formula is C23H27NO5. The molecule has 2 aromatic rings. The number of carboxylic acid groups (broad SMARTS) is 1. The van der Waals surface area contributed by atoms with Gasteiger partial charge in [0.1, 0.15) is 0 Å². The van der Waals surface area contributed by atoms with E-state index in [2.05, 4.69) is 5.32 Å². The molecule has 2 unspecified atom stereocenters. The third kappa shape index (κ3) is 5.91. The van der Waals surface area contributed by atoms with Crippen molar-refractivity contribution >= 4 is 17.8 Å². The highest BCUT2D eigenvalue weighted by molar-refractivity contribution is 5.84. The number of hydrogen-bond donors (Lipinski definition) is 2. The highest BCUT2D eigenvalue weighted by atomic mass is 16.5. The summed E-state index contributed by atoms with van der Waals surface area (Å²) in [5.41, 5.74) is 1.95. The standard InChI is InChI=1S/C23H27NO5/c1-16(24-20(25)13-14-21(26)27)15-23(2,22(28)29-3)19-11-9-18(10-12-19)17-7-5-4-6-8-17/h4-12,16H,13-15H2,1-3H3,(H,24,25)(H,26,27). The molecule has 29 heavy (non-hydrogen) atoms. The lowest BCUT2D eigenvalue weighted by atomic mass is 9.77. The van der Waals surface area contributed by atoms with E-state index in [0.717, 1.165) is 16.7 Å². The summed E-state index contributed by atoms with van der Waals surface area (Å²) in [6.45, 7) is 3.58. The van der Waals surface area contributed by atoms with E-state index >= 15 is 0 Å². The van der Waals surface area contributed by atoms with Gasteiger partial charge in [0.2, 0.25) is 5.91 Å². The Bertz CT molecular complexity index is 847.